The second-order valence-corrected chi connectivity index (χ2v) is 4.71. The molecule has 0 aliphatic rings. The second kappa shape index (κ2) is 6.57. The third-order valence-corrected chi connectivity index (χ3v) is 2.98. The molecule has 3 N–H and O–H groups in total. The summed E-state index contributed by atoms with van der Waals surface area (Å²) in [5.41, 5.74) is 6.74. The number of benzene rings is 1. The fourth-order valence-corrected chi connectivity index (χ4v) is 2.18. The van der Waals surface area contributed by atoms with E-state index in [1.807, 2.05) is 19.2 Å². The molecule has 1 aromatic carbocycles. The minimum absolute atomic E-state index is 0.108. The fraction of sp³-hybridized carbons (Fsp3) is 0.462. The Morgan fingerprint density at radius 3 is 2.76 bits per heavy atom. The van der Waals surface area contributed by atoms with Crippen molar-refractivity contribution in [3.8, 4) is 5.75 Å². The van der Waals surface area contributed by atoms with E-state index in [-0.39, 0.29) is 11.8 Å². The number of phenolic OH excluding ortho intramolecular Hbond substituents is 1. The van der Waals surface area contributed by atoms with Gasteiger partial charge >= 0.3 is 0 Å². The monoisotopic (exact) mass is 252 g/mol. The van der Waals surface area contributed by atoms with Gasteiger partial charge in [-0.15, -0.1) is 0 Å². The summed E-state index contributed by atoms with van der Waals surface area (Å²) in [4.78, 5) is 2.56. The number of thiocarbonyl (C=S) groups is 1. The van der Waals surface area contributed by atoms with Gasteiger partial charge in [-0.25, -0.2) is 0 Å². The Balaban J connectivity index is 2.89. The fourth-order valence-electron chi connectivity index (χ4n) is 1.87. The number of hydrogen-bond acceptors (Lipinski definition) is 3. The van der Waals surface area contributed by atoms with Gasteiger partial charge in [0.15, 0.2) is 0 Å². The third-order valence-electron chi connectivity index (χ3n) is 2.76. The summed E-state index contributed by atoms with van der Waals surface area (Å²) >= 11 is 5.12. The number of phenols is 1. The lowest BCUT2D eigenvalue weighted by Crippen LogP contribution is -2.34. The molecule has 0 saturated carbocycles. The molecule has 0 heterocycles. The molecular formula is C13H20N2OS. The molecule has 0 radical (unpaired) electrons. The summed E-state index contributed by atoms with van der Waals surface area (Å²) in [6, 6.07) is 7.00. The largest absolute Gasteiger partial charge is 0.508 e. The summed E-state index contributed by atoms with van der Waals surface area (Å²) in [6.45, 7) is 3.09. The molecule has 0 fully saturated rings. The Kier molecular flexibility index (Phi) is 5.38. The molecule has 1 atom stereocenters. The molecule has 3 nitrogen and oxygen atoms in total. The van der Waals surface area contributed by atoms with Crippen molar-refractivity contribution in [1.29, 1.82) is 0 Å². The summed E-state index contributed by atoms with van der Waals surface area (Å²) in [6.07, 6.45) is 2.24. The first-order valence-corrected chi connectivity index (χ1v) is 6.25. The van der Waals surface area contributed by atoms with E-state index in [0.29, 0.717) is 4.99 Å². The summed E-state index contributed by atoms with van der Waals surface area (Å²) in [5, 5.41) is 9.50. The lowest BCUT2D eigenvalue weighted by atomic mass is 10.0. The van der Waals surface area contributed by atoms with E-state index < -0.39 is 0 Å². The van der Waals surface area contributed by atoms with Gasteiger partial charge in [-0.3, -0.25) is 4.90 Å². The van der Waals surface area contributed by atoms with Crippen LogP contribution in [0.1, 0.15) is 31.4 Å². The molecule has 0 spiro atoms. The van der Waals surface area contributed by atoms with Crippen molar-refractivity contribution in [2.75, 3.05) is 13.6 Å². The Hall–Kier alpha value is -1.13. The first-order valence-electron chi connectivity index (χ1n) is 5.84. The van der Waals surface area contributed by atoms with Crippen LogP contribution in [0.2, 0.25) is 0 Å². The Labute approximate surface area is 108 Å². The molecule has 1 aromatic rings. The summed E-state index contributed by atoms with van der Waals surface area (Å²) in [7, 11) is 2.00. The maximum absolute atomic E-state index is 9.50. The molecule has 94 valence electrons. The van der Waals surface area contributed by atoms with Crippen molar-refractivity contribution < 1.29 is 5.11 Å². The molecule has 1 unspecified atom stereocenters. The van der Waals surface area contributed by atoms with Crippen LogP contribution >= 0.6 is 12.2 Å². The maximum atomic E-state index is 9.50. The highest BCUT2D eigenvalue weighted by molar-refractivity contribution is 7.80. The second-order valence-electron chi connectivity index (χ2n) is 4.23. The van der Waals surface area contributed by atoms with Crippen LogP contribution in [-0.4, -0.2) is 28.6 Å². The lowest BCUT2D eigenvalue weighted by Gasteiger charge is -2.27. The van der Waals surface area contributed by atoms with Crippen molar-refractivity contribution in [2.45, 2.75) is 25.8 Å². The number of nitrogens with zero attached hydrogens (tertiary/aromatic N) is 1. The quantitative estimate of drug-likeness (QED) is 0.764. The number of rotatable bonds is 6. The molecular weight excluding hydrogens is 232 g/mol. The Morgan fingerprint density at radius 1 is 1.53 bits per heavy atom. The van der Waals surface area contributed by atoms with E-state index in [2.05, 4.69) is 11.8 Å². The molecule has 0 saturated heterocycles. The van der Waals surface area contributed by atoms with Gasteiger partial charge in [0.1, 0.15) is 5.75 Å². The zero-order chi connectivity index (χ0) is 12.8. The zero-order valence-electron chi connectivity index (χ0n) is 10.4. The van der Waals surface area contributed by atoms with Gasteiger partial charge in [0.2, 0.25) is 0 Å². The molecule has 4 heteroatoms. The van der Waals surface area contributed by atoms with E-state index in [0.717, 1.165) is 24.9 Å². The van der Waals surface area contributed by atoms with E-state index in [4.69, 9.17) is 18.0 Å². The van der Waals surface area contributed by atoms with Crippen molar-refractivity contribution in [3.63, 3.8) is 0 Å². The predicted octanol–water partition coefficient (Wildman–Crippen LogP) is 2.45. The average molecular weight is 252 g/mol. The van der Waals surface area contributed by atoms with Crippen LogP contribution in [0.4, 0.5) is 0 Å². The maximum Gasteiger partial charge on any atom is 0.115 e. The minimum atomic E-state index is -0.108. The Bertz CT molecular complexity index is 381. The number of aromatic hydroxyl groups is 1. The zero-order valence-corrected chi connectivity index (χ0v) is 11.2. The number of unbranched alkanes of at least 4 members (excludes halogenated alkanes) is 1. The predicted molar refractivity (Wildman–Crippen MR) is 75.2 cm³/mol. The highest BCUT2D eigenvalue weighted by Gasteiger charge is 2.19. The van der Waals surface area contributed by atoms with Crippen LogP contribution in [0.3, 0.4) is 0 Å². The molecule has 0 aromatic heterocycles. The topological polar surface area (TPSA) is 49.5 Å². The van der Waals surface area contributed by atoms with Gasteiger partial charge in [-0.1, -0.05) is 37.7 Å². The smallest absolute Gasteiger partial charge is 0.115 e. The first-order chi connectivity index (χ1) is 8.06. The van der Waals surface area contributed by atoms with Crippen LogP contribution in [0.25, 0.3) is 0 Å². The van der Waals surface area contributed by atoms with E-state index in [1.54, 1.807) is 12.1 Å². The van der Waals surface area contributed by atoms with Crippen LogP contribution < -0.4 is 5.73 Å². The molecule has 0 aliphatic carbocycles. The number of likely N-dealkylation sites (N-methyl/N-ethyl adjacent to an activating group) is 1. The molecule has 0 aliphatic heterocycles. The van der Waals surface area contributed by atoms with Gasteiger partial charge < -0.3 is 10.8 Å². The minimum Gasteiger partial charge on any atom is -0.508 e. The lowest BCUT2D eigenvalue weighted by molar-refractivity contribution is 0.296. The summed E-state index contributed by atoms with van der Waals surface area (Å²) < 4.78 is 0. The molecule has 0 bridgehead atoms. The molecule has 17 heavy (non-hydrogen) atoms. The first kappa shape index (κ1) is 13.9. The van der Waals surface area contributed by atoms with Crippen LogP contribution in [-0.2, 0) is 0 Å². The third kappa shape index (κ3) is 3.98. The average Bonchev–Trinajstić information content (AvgIpc) is 2.26. The van der Waals surface area contributed by atoms with Gasteiger partial charge in [-0.05, 0) is 37.7 Å². The number of hydrogen-bond donors (Lipinski definition) is 2. The van der Waals surface area contributed by atoms with Crippen molar-refractivity contribution in [3.05, 3.63) is 29.8 Å². The number of nitrogens with two attached hydrogens (primary N) is 1. The molecule has 0 amide bonds. The van der Waals surface area contributed by atoms with Crippen LogP contribution in [0, 0.1) is 0 Å². The normalized spacial score (nSPS) is 12.6. The van der Waals surface area contributed by atoms with E-state index in [9.17, 15) is 5.11 Å². The van der Waals surface area contributed by atoms with Crippen molar-refractivity contribution >= 4 is 17.2 Å². The highest BCUT2D eigenvalue weighted by atomic mass is 32.1. The van der Waals surface area contributed by atoms with Gasteiger partial charge in [0.25, 0.3) is 0 Å². The SMILES string of the molecule is CCCCN(C)C(C(N)=S)c1cccc(O)c1. The van der Waals surface area contributed by atoms with Crippen molar-refractivity contribution in [1.82, 2.24) is 4.90 Å². The Morgan fingerprint density at radius 2 is 2.24 bits per heavy atom. The standard InChI is InChI=1S/C13H20N2OS/c1-3-4-8-15(2)12(13(14)17)10-6-5-7-11(16)9-10/h5-7,9,12,16H,3-4,8H2,1-2H3,(H2,14,17). The van der Waals surface area contributed by atoms with Gasteiger partial charge in [-0.2, -0.15) is 0 Å². The van der Waals surface area contributed by atoms with Crippen LogP contribution in [0.15, 0.2) is 24.3 Å². The van der Waals surface area contributed by atoms with Crippen molar-refractivity contribution in [2.24, 2.45) is 5.73 Å². The van der Waals surface area contributed by atoms with Gasteiger partial charge in [0.05, 0.1) is 11.0 Å². The van der Waals surface area contributed by atoms with Crippen LogP contribution in [0.5, 0.6) is 5.75 Å². The van der Waals surface area contributed by atoms with E-state index in [1.165, 1.54) is 0 Å². The van der Waals surface area contributed by atoms with Gasteiger partial charge in [0, 0.05) is 0 Å². The molecule has 1 rings (SSSR count). The summed E-state index contributed by atoms with van der Waals surface area (Å²) in [5.74, 6) is 0.243. The van der Waals surface area contributed by atoms with E-state index >= 15 is 0 Å². The highest BCUT2D eigenvalue weighted by Crippen LogP contribution is 2.23.